The summed E-state index contributed by atoms with van der Waals surface area (Å²) in [6.45, 7) is 11.6. The lowest BCUT2D eigenvalue weighted by Crippen LogP contribution is -2.45. The first-order valence-electron chi connectivity index (χ1n) is 17.9. The van der Waals surface area contributed by atoms with Crippen molar-refractivity contribution in [2.24, 2.45) is 11.3 Å². The summed E-state index contributed by atoms with van der Waals surface area (Å²) in [5.41, 5.74) is 4.01. The number of nitrogens with zero attached hydrogens (tertiary/aromatic N) is 2. The van der Waals surface area contributed by atoms with Crippen molar-refractivity contribution in [3.8, 4) is 11.8 Å². The number of amides is 3. The number of aromatic nitrogens is 1. The van der Waals surface area contributed by atoms with Crippen molar-refractivity contribution >= 4 is 45.0 Å². The third-order valence-electron chi connectivity index (χ3n) is 7.98. The molecule has 53 heavy (non-hydrogen) atoms. The van der Waals surface area contributed by atoms with Gasteiger partial charge in [0.15, 0.2) is 0 Å². The highest BCUT2D eigenvalue weighted by Gasteiger charge is 2.33. The van der Waals surface area contributed by atoms with E-state index >= 15 is 0 Å². The maximum atomic E-state index is 12.4. The molecule has 2 heterocycles. The molecule has 1 aromatic heterocycles. The van der Waals surface area contributed by atoms with Gasteiger partial charge in [0.1, 0.15) is 5.03 Å². The molecular weight excluding hydrogens is 707 g/mol. The predicted octanol–water partition coefficient (Wildman–Crippen LogP) is 6.68. The van der Waals surface area contributed by atoms with Gasteiger partial charge in [0, 0.05) is 55.4 Å². The second kappa shape index (κ2) is 25.1. The average molecular weight is 764 g/mol. The molecule has 0 fully saturated rings. The van der Waals surface area contributed by atoms with Crippen LogP contribution in [0.3, 0.4) is 0 Å². The van der Waals surface area contributed by atoms with Crippen LogP contribution in [-0.2, 0) is 30.4 Å². The zero-order valence-electron chi connectivity index (χ0n) is 32.5. The summed E-state index contributed by atoms with van der Waals surface area (Å²) in [7, 11) is 7.09. The molecule has 1 unspecified atom stereocenters. The van der Waals surface area contributed by atoms with E-state index in [1.54, 1.807) is 48.7 Å². The highest BCUT2D eigenvalue weighted by Crippen LogP contribution is 2.28. The topological polar surface area (TPSA) is 122 Å². The van der Waals surface area contributed by atoms with Gasteiger partial charge in [0.25, 0.3) is 0 Å². The van der Waals surface area contributed by atoms with Crippen molar-refractivity contribution in [2.45, 2.75) is 71.5 Å². The van der Waals surface area contributed by atoms with Crippen LogP contribution >= 0.6 is 21.6 Å². The Kier molecular flexibility index (Phi) is 21.4. The van der Waals surface area contributed by atoms with Gasteiger partial charge in [-0.2, -0.15) is 0 Å². The first kappa shape index (κ1) is 45.1. The summed E-state index contributed by atoms with van der Waals surface area (Å²) in [5.74, 6) is 5.86. The van der Waals surface area contributed by atoms with Crippen LogP contribution in [0.2, 0.25) is 0 Å². The summed E-state index contributed by atoms with van der Waals surface area (Å²) >= 11 is 0. The maximum absolute atomic E-state index is 12.4. The zero-order valence-corrected chi connectivity index (χ0v) is 34.1. The fraction of sp³-hybridized carbons (Fsp3) is 0.463. The summed E-state index contributed by atoms with van der Waals surface area (Å²) in [4.78, 5) is 42.7. The number of rotatable bonds is 16. The standard InChI is InChI=1S/C19H37N3O5.C16H13N.C6H7NS2/c1-7-15(17(24)22-14(2)3)12-19(4,5)18(25)21-13-20-16(23)8-9-27-11-10-26-6;1-17-12-15-8-3-2-6-13(15)10-11-14-7-4-5-9-16(14)17;1-8-9-6-4-2-3-5-7-6/h14-15H,7-13H2,1-6H3,(H,20,23)(H,21,25)(H,22,24);2-9H,12H2,1H3;2-5H,1H3. The molecule has 12 heteroatoms. The molecule has 10 nitrogen and oxygen atoms in total. The highest BCUT2D eigenvalue weighted by atomic mass is 33.1. The summed E-state index contributed by atoms with van der Waals surface area (Å²) < 4.78 is 10.1. The van der Waals surface area contributed by atoms with Crippen LogP contribution in [0.5, 0.6) is 0 Å². The first-order chi connectivity index (χ1) is 25.4. The lowest BCUT2D eigenvalue weighted by atomic mass is 9.80. The maximum Gasteiger partial charge on any atom is 0.227 e. The SMILES string of the molecule is CCC(CC(C)(C)C(=O)NCNC(=O)CCOCCOC)C(=O)NC(C)C.CN1Cc2ccccc2C#Cc2ccccc21.CSSc1ccccn1. The minimum absolute atomic E-state index is 0.0323. The van der Waals surface area contributed by atoms with Crippen molar-refractivity contribution in [1.29, 1.82) is 0 Å². The van der Waals surface area contributed by atoms with Crippen molar-refractivity contribution in [3.05, 3.63) is 89.6 Å². The lowest BCUT2D eigenvalue weighted by Gasteiger charge is -2.28. The van der Waals surface area contributed by atoms with E-state index in [2.05, 4.69) is 81.1 Å². The second-order valence-electron chi connectivity index (χ2n) is 13.2. The van der Waals surface area contributed by atoms with Crippen molar-refractivity contribution in [2.75, 3.05) is 51.8 Å². The average Bonchev–Trinajstić information content (AvgIpc) is 3.13. The van der Waals surface area contributed by atoms with Crippen molar-refractivity contribution in [3.63, 3.8) is 0 Å². The van der Waals surface area contributed by atoms with Crippen LogP contribution < -0.4 is 20.9 Å². The normalized spacial score (nSPS) is 12.1. The minimum Gasteiger partial charge on any atom is -0.382 e. The minimum atomic E-state index is -0.719. The van der Waals surface area contributed by atoms with Gasteiger partial charge >= 0.3 is 0 Å². The Morgan fingerprint density at radius 3 is 2.28 bits per heavy atom. The molecular formula is C41H57N5O5S2. The van der Waals surface area contributed by atoms with E-state index in [0.717, 1.165) is 22.7 Å². The number of fused-ring (bicyclic) bond motifs is 2. The first-order valence-corrected chi connectivity index (χ1v) is 20.4. The van der Waals surface area contributed by atoms with E-state index < -0.39 is 5.41 Å². The molecule has 0 saturated carbocycles. The second-order valence-corrected chi connectivity index (χ2v) is 15.6. The summed E-state index contributed by atoms with van der Waals surface area (Å²) in [6.07, 6.45) is 5.17. The van der Waals surface area contributed by atoms with Crippen molar-refractivity contribution < 1.29 is 23.9 Å². The number of methoxy groups -OCH3 is 1. The number of anilines is 1. The monoisotopic (exact) mass is 763 g/mol. The Bertz CT molecular complexity index is 1610. The van der Waals surface area contributed by atoms with Crippen LogP contribution in [0.25, 0.3) is 0 Å². The van der Waals surface area contributed by atoms with Gasteiger partial charge in [0.2, 0.25) is 17.7 Å². The molecule has 1 atom stereocenters. The Hall–Kier alpha value is -4.02. The number of carbonyl (C=O) groups excluding carboxylic acids is 3. The van der Waals surface area contributed by atoms with E-state index in [1.165, 1.54) is 11.3 Å². The zero-order chi connectivity index (χ0) is 39.1. The number of hydrogen-bond acceptors (Lipinski definition) is 9. The van der Waals surface area contributed by atoms with E-state index in [9.17, 15) is 14.4 Å². The molecule has 3 N–H and O–H groups in total. The molecule has 0 bridgehead atoms. The fourth-order valence-electron chi connectivity index (χ4n) is 5.14. The van der Waals surface area contributed by atoms with Gasteiger partial charge in [-0.15, -0.1) is 0 Å². The molecule has 4 rings (SSSR count). The molecule has 0 saturated heterocycles. The van der Waals surface area contributed by atoms with E-state index in [0.29, 0.717) is 32.7 Å². The lowest BCUT2D eigenvalue weighted by molar-refractivity contribution is -0.132. The third-order valence-corrected chi connectivity index (χ3v) is 9.58. The van der Waals surface area contributed by atoms with Gasteiger partial charge in [-0.1, -0.05) is 79.8 Å². The molecule has 1 aliphatic rings. The Morgan fingerprint density at radius 1 is 0.943 bits per heavy atom. The van der Waals surface area contributed by atoms with Crippen LogP contribution in [0.1, 0.15) is 70.6 Å². The molecule has 0 radical (unpaired) electrons. The molecule has 0 aliphatic carbocycles. The molecule has 1 aliphatic heterocycles. The van der Waals surface area contributed by atoms with Gasteiger partial charge in [-0.25, -0.2) is 4.98 Å². The van der Waals surface area contributed by atoms with Gasteiger partial charge in [-0.05, 0) is 79.6 Å². The van der Waals surface area contributed by atoms with Crippen LogP contribution in [0, 0.1) is 23.2 Å². The van der Waals surface area contributed by atoms with E-state index in [-0.39, 0.29) is 42.8 Å². The highest BCUT2D eigenvalue weighted by molar-refractivity contribution is 8.76. The summed E-state index contributed by atoms with van der Waals surface area (Å²) in [6, 6.07) is 22.6. The number of para-hydroxylation sites is 1. The van der Waals surface area contributed by atoms with Gasteiger partial charge in [0.05, 0.1) is 38.6 Å². The van der Waals surface area contributed by atoms with Crippen LogP contribution in [0.15, 0.2) is 78.0 Å². The number of carbonyl (C=O) groups is 3. The van der Waals surface area contributed by atoms with Gasteiger partial charge in [-0.3, -0.25) is 14.4 Å². The molecule has 3 amide bonds. The molecule has 3 aromatic rings. The third kappa shape index (κ3) is 17.6. The van der Waals surface area contributed by atoms with Crippen LogP contribution in [0.4, 0.5) is 5.69 Å². The van der Waals surface area contributed by atoms with E-state index in [4.69, 9.17) is 9.47 Å². The predicted molar refractivity (Wildman–Crippen MR) is 219 cm³/mol. The largest absolute Gasteiger partial charge is 0.382 e. The number of hydrogen-bond donors (Lipinski definition) is 3. The fourth-order valence-corrected chi connectivity index (χ4v) is 6.36. The Labute approximate surface area is 324 Å². The van der Waals surface area contributed by atoms with E-state index in [1.807, 2.05) is 57.4 Å². The number of ether oxygens (including phenoxy) is 2. The van der Waals surface area contributed by atoms with Crippen molar-refractivity contribution in [1.82, 2.24) is 20.9 Å². The quantitative estimate of drug-likeness (QED) is 0.0635. The molecule has 288 valence electrons. The van der Waals surface area contributed by atoms with Crippen LogP contribution in [-0.4, -0.2) is 75.6 Å². The van der Waals surface area contributed by atoms with Gasteiger partial charge < -0.3 is 30.3 Å². The summed E-state index contributed by atoms with van der Waals surface area (Å²) in [5, 5.41) is 9.31. The Morgan fingerprint density at radius 2 is 1.62 bits per heavy atom. The molecule has 0 spiro atoms. The smallest absolute Gasteiger partial charge is 0.227 e. The molecule has 2 aromatic carbocycles. The number of nitrogens with one attached hydrogen (secondary N) is 3. The Balaban J connectivity index is 0.000000312. The number of pyridine rings is 1. The number of benzene rings is 2.